The summed E-state index contributed by atoms with van der Waals surface area (Å²) >= 11 is 4.95. The van der Waals surface area contributed by atoms with Crippen LogP contribution in [-0.2, 0) is 4.74 Å². The summed E-state index contributed by atoms with van der Waals surface area (Å²) in [6.45, 7) is 9.50. The van der Waals surface area contributed by atoms with Crippen molar-refractivity contribution < 1.29 is 9.53 Å². The summed E-state index contributed by atoms with van der Waals surface area (Å²) in [5.41, 5.74) is 1.61. The van der Waals surface area contributed by atoms with Gasteiger partial charge in [0.15, 0.2) is 0 Å². The van der Waals surface area contributed by atoms with E-state index in [0.717, 1.165) is 25.9 Å². The van der Waals surface area contributed by atoms with Gasteiger partial charge in [0, 0.05) is 11.1 Å². The molecule has 108 valence electrons. The number of hydrogen-bond acceptors (Lipinski definition) is 4. The first-order valence-corrected chi connectivity index (χ1v) is 7.84. The lowest BCUT2D eigenvalue weighted by Crippen LogP contribution is -2.27. The number of amides is 1. The highest BCUT2D eigenvalue weighted by Crippen LogP contribution is 2.39. The Morgan fingerprint density at radius 3 is 2.65 bits per heavy atom. The van der Waals surface area contributed by atoms with Crippen LogP contribution in [0.25, 0.3) is 10.2 Å². The van der Waals surface area contributed by atoms with E-state index in [1.165, 1.54) is 11.3 Å². The molecule has 0 radical (unpaired) electrons. The van der Waals surface area contributed by atoms with Gasteiger partial charge in [-0.15, -0.1) is 0 Å². The second kappa shape index (κ2) is 5.33. The highest BCUT2D eigenvalue weighted by Gasteiger charge is 2.19. The van der Waals surface area contributed by atoms with Crippen molar-refractivity contribution in [2.24, 2.45) is 0 Å². The first kappa shape index (κ1) is 15.3. The summed E-state index contributed by atoms with van der Waals surface area (Å²) in [7, 11) is 0. The van der Waals surface area contributed by atoms with Crippen LogP contribution in [0.1, 0.15) is 32.0 Å². The predicted octanol–water partition coefficient (Wildman–Crippen LogP) is 5.02. The van der Waals surface area contributed by atoms with Gasteiger partial charge in [0.1, 0.15) is 15.4 Å². The van der Waals surface area contributed by atoms with Crippen LogP contribution >= 0.6 is 27.3 Å². The lowest BCUT2D eigenvalue weighted by atomic mass is 10.2. The van der Waals surface area contributed by atoms with Crippen molar-refractivity contribution in [3.63, 3.8) is 0 Å². The van der Waals surface area contributed by atoms with Gasteiger partial charge in [-0.05, 0) is 62.2 Å². The largest absolute Gasteiger partial charge is 0.444 e. The van der Waals surface area contributed by atoms with Crippen LogP contribution in [0.2, 0.25) is 0 Å². The first-order valence-electron chi connectivity index (χ1n) is 6.23. The summed E-state index contributed by atoms with van der Waals surface area (Å²) < 4.78 is 6.10. The first-order chi connectivity index (χ1) is 9.17. The number of anilines is 1. The number of rotatable bonds is 1. The van der Waals surface area contributed by atoms with Gasteiger partial charge in [0.2, 0.25) is 0 Å². The standard InChI is InChI=1S/C14H17BrN2O2S/c1-7-6-9-10(15)12(20-11(9)16-8(7)2)17-13(18)19-14(3,4)5/h6H,1-5H3,(H,17,18). The second-order valence-electron chi connectivity index (χ2n) is 5.62. The zero-order chi connectivity index (χ0) is 15.1. The molecule has 1 N–H and O–H groups in total. The number of fused-ring (bicyclic) bond motifs is 1. The molecule has 20 heavy (non-hydrogen) atoms. The number of nitrogens with zero attached hydrogens (tertiary/aromatic N) is 1. The molecular weight excluding hydrogens is 340 g/mol. The molecule has 2 heterocycles. The van der Waals surface area contributed by atoms with Gasteiger partial charge in [-0.3, -0.25) is 5.32 Å². The minimum atomic E-state index is -0.515. The number of carbonyl (C=O) groups is 1. The monoisotopic (exact) mass is 356 g/mol. The van der Waals surface area contributed by atoms with Crippen molar-refractivity contribution in [2.45, 2.75) is 40.2 Å². The van der Waals surface area contributed by atoms with Gasteiger partial charge in [-0.2, -0.15) is 0 Å². The molecule has 0 bridgehead atoms. The minimum absolute atomic E-state index is 0.460. The summed E-state index contributed by atoms with van der Waals surface area (Å²) in [5.74, 6) is 0. The van der Waals surface area contributed by atoms with Crippen LogP contribution < -0.4 is 5.32 Å². The number of hydrogen-bond donors (Lipinski definition) is 1. The number of aromatic nitrogens is 1. The Bertz CT molecular complexity index is 674. The molecule has 0 saturated carbocycles. The number of pyridine rings is 1. The minimum Gasteiger partial charge on any atom is -0.444 e. The Hall–Kier alpha value is -1.14. The average Bonchev–Trinajstić information content (AvgIpc) is 2.55. The molecule has 0 unspecified atom stereocenters. The van der Waals surface area contributed by atoms with Crippen LogP contribution in [0.5, 0.6) is 0 Å². The zero-order valence-electron chi connectivity index (χ0n) is 12.1. The Kier molecular flexibility index (Phi) is 4.07. The molecule has 4 nitrogen and oxygen atoms in total. The maximum absolute atomic E-state index is 11.8. The van der Waals surface area contributed by atoms with Crippen molar-refractivity contribution in [1.29, 1.82) is 0 Å². The number of carbonyl (C=O) groups excluding carboxylic acids is 1. The van der Waals surface area contributed by atoms with E-state index in [1.54, 1.807) is 0 Å². The molecule has 6 heteroatoms. The number of ether oxygens (including phenoxy) is 1. The van der Waals surface area contributed by atoms with E-state index in [1.807, 2.05) is 34.6 Å². The Morgan fingerprint density at radius 2 is 2.05 bits per heavy atom. The Labute approximate surface area is 130 Å². The molecular formula is C14H17BrN2O2S. The molecule has 1 amide bonds. The molecule has 2 rings (SSSR count). The van der Waals surface area contributed by atoms with E-state index in [4.69, 9.17) is 4.74 Å². The molecule has 2 aromatic heterocycles. The predicted molar refractivity (Wildman–Crippen MR) is 86.7 cm³/mol. The van der Waals surface area contributed by atoms with E-state index < -0.39 is 11.7 Å². The quantitative estimate of drug-likeness (QED) is 0.779. The molecule has 0 aromatic carbocycles. The van der Waals surface area contributed by atoms with Crippen molar-refractivity contribution >= 4 is 48.6 Å². The third kappa shape index (κ3) is 3.30. The summed E-state index contributed by atoms with van der Waals surface area (Å²) in [6, 6.07) is 2.07. The van der Waals surface area contributed by atoms with E-state index in [0.29, 0.717) is 5.00 Å². The zero-order valence-corrected chi connectivity index (χ0v) is 14.5. The Balaban J connectivity index is 2.32. The van der Waals surface area contributed by atoms with Crippen LogP contribution in [0.15, 0.2) is 10.5 Å². The highest BCUT2D eigenvalue weighted by molar-refractivity contribution is 9.10. The third-order valence-corrected chi connectivity index (χ3v) is 4.78. The summed E-state index contributed by atoms with van der Waals surface area (Å²) in [5, 5.41) is 4.48. The number of aryl methyl sites for hydroxylation is 2. The summed E-state index contributed by atoms with van der Waals surface area (Å²) in [4.78, 5) is 17.3. The molecule has 0 atom stereocenters. The maximum Gasteiger partial charge on any atom is 0.412 e. The molecule has 0 aliphatic carbocycles. The Morgan fingerprint density at radius 1 is 1.40 bits per heavy atom. The van der Waals surface area contributed by atoms with E-state index in [-0.39, 0.29) is 0 Å². The van der Waals surface area contributed by atoms with E-state index in [2.05, 4.69) is 32.3 Å². The van der Waals surface area contributed by atoms with E-state index >= 15 is 0 Å². The number of nitrogens with one attached hydrogen (secondary N) is 1. The lowest BCUT2D eigenvalue weighted by molar-refractivity contribution is 0.0636. The van der Waals surface area contributed by atoms with Crippen LogP contribution in [0.4, 0.5) is 9.80 Å². The molecule has 0 aliphatic rings. The summed E-state index contributed by atoms with van der Waals surface area (Å²) in [6.07, 6.45) is -0.460. The molecule has 0 spiro atoms. The molecule has 2 aromatic rings. The smallest absolute Gasteiger partial charge is 0.412 e. The fourth-order valence-corrected chi connectivity index (χ4v) is 3.42. The molecule has 0 fully saturated rings. The topological polar surface area (TPSA) is 51.2 Å². The normalized spacial score (nSPS) is 11.7. The van der Waals surface area contributed by atoms with Gasteiger partial charge in [-0.25, -0.2) is 9.78 Å². The van der Waals surface area contributed by atoms with Gasteiger partial charge in [0.05, 0.1) is 4.47 Å². The van der Waals surface area contributed by atoms with Crippen molar-refractivity contribution in [1.82, 2.24) is 4.98 Å². The van der Waals surface area contributed by atoms with Gasteiger partial charge in [-0.1, -0.05) is 11.3 Å². The van der Waals surface area contributed by atoms with Gasteiger partial charge >= 0.3 is 6.09 Å². The molecule has 0 aliphatic heterocycles. The van der Waals surface area contributed by atoms with Gasteiger partial charge < -0.3 is 4.74 Å². The molecule has 0 saturated heterocycles. The highest BCUT2D eigenvalue weighted by atomic mass is 79.9. The SMILES string of the molecule is Cc1cc2c(Br)c(NC(=O)OC(C)(C)C)sc2nc1C. The van der Waals surface area contributed by atoms with Crippen molar-refractivity contribution in [3.05, 3.63) is 21.8 Å². The second-order valence-corrected chi connectivity index (χ2v) is 7.41. The third-order valence-electron chi connectivity index (χ3n) is 2.68. The maximum atomic E-state index is 11.8. The lowest BCUT2D eigenvalue weighted by Gasteiger charge is -2.19. The van der Waals surface area contributed by atoms with Gasteiger partial charge in [0.25, 0.3) is 0 Å². The fourth-order valence-electron chi connectivity index (χ4n) is 1.66. The van der Waals surface area contributed by atoms with Crippen LogP contribution in [-0.4, -0.2) is 16.7 Å². The average molecular weight is 357 g/mol. The number of halogens is 1. The van der Waals surface area contributed by atoms with Crippen LogP contribution in [0, 0.1) is 13.8 Å². The van der Waals surface area contributed by atoms with Crippen molar-refractivity contribution in [3.8, 4) is 0 Å². The van der Waals surface area contributed by atoms with Crippen LogP contribution in [0.3, 0.4) is 0 Å². The van der Waals surface area contributed by atoms with E-state index in [9.17, 15) is 4.79 Å². The fraction of sp³-hybridized carbons (Fsp3) is 0.429. The van der Waals surface area contributed by atoms with Crippen molar-refractivity contribution in [2.75, 3.05) is 5.32 Å². The number of thiophene rings is 1.